The molecule has 0 saturated carbocycles. The van der Waals surface area contributed by atoms with E-state index in [1.807, 2.05) is 6.92 Å². The number of benzene rings is 1. The van der Waals surface area contributed by atoms with Crippen LogP contribution in [0, 0.1) is 5.92 Å². The SMILES string of the molecule is CC1OCCC1CNS(=O)(=O)c1cc(CN)c(Cl)cc1Cl. The van der Waals surface area contributed by atoms with Crippen LogP contribution in [0.15, 0.2) is 17.0 Å². The van der Waals surface area contributed by atoms with Crippen LogP contribution in [0.2, 0.25) is 10.0 Å². The van der Waals surface area contributed by atoms with E-state index in [-0.39, 0.29) is 28.5 Å². The lowest BCUT2D eigenvalue weighted by Gasteiger charge is -2.16. The molecule has 2 unspecified atom stereocenters. The molecule has 0 radical (unpaired) electrons. The second kappa shape index (κ2) is 6.81. The number of hydrogen-bond acceptors (Lipinski definition) is 4. The van der Waals surface area contributed by atoms with Crippen molar-refractivity contribution >= 4 is 33.2 Å². The molecular formula is C13H18Cl2N2O3S. The molecule has 21 heavy (non-hydrogen) atoms. The smallest absolute Gasteiger partial charge is 0.242 e. The lowest BCUT2D eigenvalue weighted by molar-refractivity contribution is 0.107. The summed E-state index contributed by atoms with van der Waals surface area (Å²) in [6.07, 6.45) is 0.888. The maximum absolute atomic E-state index is 12.4. The van der Waals surface area contributed by atoms with Crippen LogP contribution in [0.25, 0.3) is 0 Å². The number of sulfonamides is 1. The Kier molecular flexibility index (Phi) is 5.51. The third kappa shape index (κ3) is 3.88. The molecule has 0 aromatic heterocycles. The summed E-state index contributed by atoms with van der Waals surface area (Å²) in [6, 6.07) is 2.82. The first-order valence-corrected chi connectivity index (χ1v) is 8.88. The van der Waals surface area contributed by atoms with Crippen LogP contribution in [0.3, 0.4) is 0 Å². The predicted octanol–water partition coefficient (Wildman–Crippen LogP) is 2.16. The van der Waals surface area contributed by atoms with E-state index >= 15 is 0 Å². The number of hydrogen-bond donors (Lipinski definition) is 2. The summed E-state index contributed by atoms with van der Waals surface area (Å²) in [6.45, 7) is 3.06. The largest absolute Gasteiger partial charge is 0.378 e. The predicted molar refractivity (Wildman–Crippen MR) is 83.1 cm³/mol. The van der Waals surface area contributed by atoms with Crippen LogP contribution < -0.4 is 10.5 Å². The fourth-order valence-corrected chi connectivity index (χ4v) is 4.24. The molecule has 118 valence electrons. The third-order valence-corrected chi connectivity index (χ3v) is 5.92. The zero-order chi connectivity index (χ0) is 15.6. The first kappa shape index (κ1) is 17.0. The topological polar surface area (TPSA) is 81.4 Å². The van der Waals surface area contributed by atoms with Gasteiger partial charge in [-0.25, -0.2) is 13.1 Å². The number of nitrogens with one attached hydrogen (secondary N) is 1. The molecule has 2 rings (SSSR count). The quantitative estimate of drug-likeness (QED) is 0.850. The Morgan fingerprint density at radius 1 is 1.38 bits per heavy atom. The Bertz CT molecular complexity index is 622. The van der Waals surface area contributed by atoms with Crippen LogP contribution in [0.1, 0.15) is 18.9 Å². The molecule has 2 atom stereocenters. The zero-order valence-electron chi connectivity index (χ0n) is 11.6. The summed E-state index contributed by atoms with van der Waals surface area (Å²) in [4.78, 5) is 0.000542. The third-order valence-electron chi connectivity index (χ3n) is 3.68. The molecule has 1 fully saturated rings. The van der Waals surface area contributed by atoms with Gasteiger partial charge in [0.15, 0.2) is 0 Å². The van der Waals surface area contributed by atoms with Gasteiger partial charge in [-0.15, -0.1) is 0 Å². The molecule has 0 spiro atoms. The lowest BCUT2D eigenvalue weighted by Crippen LogP contribution is -2.32. The Morgan fingerprint density at radius 3 is 2.67 bits per heavy atom. The summed E-state index contributed by atoms with van der Waals surface area (Å²) in [5, 5.41) is 0.444. The van der Waals surface area contributed by atoms with Crippen LogP contribution in [0.5, 0.6) is 0 Å². The van der Waals surface area contributed by atoms with Gasteiger partial charge in [-0.05, 0) is 31.0 Å². The zero-order valence-corrected chi connectivity index (χ0v) is 13.9. The molecule has 1 aromatic carbocycles. The van der Waals surface area contributed by atoms with Crippen LogP contribution in [-0.2, 0) is 21.3 Å². The summed E-state index contributed by atoms with van der Waals surface area (Å²) in [7, 11) is -3.70. The highest BCUT2D eigenvalue weighted by Gasteiger charge is 2.27. The van der Waals surface area contributed by atoms with E-state index in [0.29, 0.717) is 23.7 Å². The number of ether oxygens (including phenoxy) is 1. The van der Waals surface area contributed by atoms with Gasteiger partial charge in [0.05, 0.1) is 11.1 Å². The fourth-order valence-electron chi connectivity index (χ4n) is 2.27. The van der Waals surface area contributed by atoms with Crippen molar-refractivity contribution in [3.8, 4) is 0 Å². The van der Waals surface area contributed by atoms with Crippen LogP contribution >= 0.6 is 23.2 Å². The van der Waals surface area contributed by atoms with Crippen molar-refractivity contribution in [3.05, 3.63) is 27.7 Å². The molecule has 1 aliphatic heterocycles. The maximum atomic E-state index is 12.4. The fraction of sp³-hybridized carbons (Fsp3) is 0.538. The normalized spacial score (nSPS) is 22.7. The van der Waals surface area contributed by atoms with E-state index in [1.165, 1.54) is 12.1 Å². The molecule has 1 saturated heterocycles. The Labute approximate surface area is 134 Å². The van der Waals surface area contributed by atoms with Crippen molar-refractivity contribution < 1.29 is 13.2 Å². The van der Waals surface area contributed by atoms with Gasteiger partial charge in [0.1, 0.15) is 4.90 Å². The van der Waals surface area contributed by atoms with E-state index in [1.54, 1.807) is 0 Å². The summed E-state index contributed by atoms with van der Waals surface area (Å²) >= 11 is 12.0. The van der Waals surface area contributed by atoms with Crippen molar-refractivity contribution in [2.45, 2.75) is 30.9 Å². The second-order valence-electron chi connectivity index (χ2n) is 5.05. The average Bonchev–Trinajstić information content (AvgIpc) is 2.82. The van der Waals surface area contributed by atoms with E-state index in [4.69, 9.17) is 33.7 Å². The number of rotatable bonds is 5. The highest BCUT2D eigenvalue weighted by atomic mass is 35.5. The van der Waals surface area contributed by atoms with Gasteiger partial charge >= 0.3 is 0 Å². The van der Waals surface area contributed by atoms with Gasteiger partial charge in [-0.3, -0.25) is 0 Å². The Hall–Kier alpha value is -0.370. The molecule has 8 heteroatoms. The molecule has 0 amide bonds. The van der Waals surface area contributed by atoms with E-state index in [0.717, 1.165) is 6.42 Å². The molecule has 5 nitrogen and oxygen atoms in total. The highest BCUT2D eigenvalue weighted by molar-refractivity contribution is 7.89. The number of nitrogens with two attached hydrogens (primary N) is 1. The molecule has 0 aliphatic carbocycles. The van der Waals surface area contributed by atoms with Crippen molar-refractivity contribution in [1.29, 1.82) is 0 Å². The van der Waals surface area contributed by atoms with Crippen LogP contribution in [0.4, 0.5) is 0 Å². The van der Waals surface area contributed by atoms with E-state index in [9.17, 15) is 8.42 Å². The van der Waals surface area contributed by atoms with E-state index in [2.05, 4.69) is 4.72 Å². The minimum Gasteiger partial charge on any atom is -0.378 e. The van der Waals surface area contributed by atoms with Crippen molar-refractivity contribution in [1.82, 2.24) is 4.72 Å². The summed E-state index contributed by atoms with van der Waals surface area (Å²) < 4.78 is 32.8. The molecule has 1 aromatic rings. The maximum Gasteiger partial charge on any atom is 0.242 e. The van der Waals surface area contributed by atoms with Crippen molar-refractivity contribution in [2.24, 2.45) is 11.7 Å². The lowest BCUT2D eigenvalue weighted by atomic mass is 10.0. The molecule has 1 heterocycles. The van der Waals surface area contributed by atoms with Gasteiger partial charge in [0.2, 0.25) is 10.0 Å². The number of halogens is 2. The molecule has 0 bridgehead atoms. The molecule has 3 N–H and O–H groups in total. The van der Waals surface area contributed by atoms with Crippen LogP contribution in [-0.4, -0.2) is 27.7 Å². The van der Waals surface area contributed by atoms with Gasteiger partial charge in [-0.2, -0.15) is 0 Å². The first-order valence-electron chi connectivity index (χ1n) is 6.64. The minimum atomic E-state index is -3.70. The van der Waals surface area contributed by atoms with E-state index < -0.39 is 10.0 Å². The molecular weight excluding hydrogens is 335 g/mol. The van der Waals surface area contributed by atoms with Gasteiger partial charge in [-0.1, -0.05) is 23.2 Å². The van der Waals surface area contributed by atoms with Gasteiger partial charge < -0.3 is 10.5 Å². The molecule has 1 aliphatic rings. The minimum absolute atomic E-state index is 0.000542. The van der Waals surface area contributed by atoms with Crippen molar-refractivity contribution in [3.63, 3.8) is 0 Å². The Balaban J connectivity index is 2.19. The van der Waals surface area contributed by atoms with Gasteiger partial charge in [0, 0.05) is 30.6 Å². The Morgan fingerprint density at radius 2 is 2.10 bits per heavy atom. The summed E-state index contributed by atoms with van der Waals surface area (Å²) in [5.41, 5.74) is 6.09. The monoisotopic (exact) mass is 352 g/mol. The average molecular weight is 353 g/mol. The highest BCUT2D eigenvalue weighted by Crippen LogP contribution is 2.29. The second-order valence-corrected chi connectivity index (χ2v) is 7.60. The van der Waals surface area contributed by atoms with Gasteiger partial charge in [0.25, 0.3) is 0 Å². The summed E-state index contributed by atoms with van der Waals surface area (Å²) in [5.74, 6) is 0.167. The van der Waals surface area contributed by atoms with Crippen molar-refractivity contribution in [2.75, 3.05) is 13.2 Å². The first-order chi connectivity index (χ1) is 9.85. The standard InChI is InChI=1S/C13H18Cl2N2O3S/c1-8-9(2-3-20-8)7-17-21(18,19)13-4-10(6-16)11(14)5-12(13)15/h4-5,8-9,17H,2-3,6-7,16H2,1H3.